The fourth-order valence-electron chi connectivity index (χ4n) is 5.07. The number of fused-ring (bicyclic) bond motifs is 5. The van der Waals surface area contributed by atoms with Gasteiger partial charge >= 0.3 is 0 Å². The number of para-hydroxylation sites is 1. The van der Waals surface area contributed by atoms with E-state index in [2.05, 4.69) is 4.90 Å². The van der Waals surface area contributed by atoms with Crippen LogP contribution in [0.4, 0.5) is 5.69 Å². The summed E-state index contributed by atoms with van der Waals surface area (Å²) in [5.74, 6) is -1.67. The molecule has 3 heterocycles. The highest BCUT2D eigenvalue weighted by Gasteiger charge is 2.65. The van der Waals surface area contributed by atoms with Crippen LogP contribution < -0.4 is 4.90 Å². The van der Waals surface area contributed by atoms with Crippen molar-refractivity contribution >= 4 is 23.3 Å². The van der Waals surface area contributed by atoms with Crippen molar-refractivity contribution in [2.24, 2.45) is 11.8 Å². The third-order valence-electron chi connectivity index (χ3n) is 6.14. The fraction of sp³-hybridized carbons (Fsp3) is 0.261. The van der Waals surface area contributed by atoms with Crippen molar-refractivity contribution in [3.63, 3.8) is 0 Å². The van der Waals surface area contributed by atoms with Gasteiger partial charge in [-0.05, 0) is 30.7 Å². The SMILES string of the molecule is CC1=CC(=O)C2C3C(=O)N(c4ccccc4)C(=O)C3C1N2Cc1ccccc1. The van der Waals surface area contributed by atoms with Crippen LogP contribution in [0.25, 0.3) is 0 Å². The Morgan fingerprint density at radius 3 is 2.00 bits per heavy atom. The van der Waals surface area contributed by atoms with Crippen LogP contribution in [0.5, 0.6) is 0 Å². The minimum atomic E-state index is -0.623. The van der Waals surface area contributed by atoms with Crippen LogP contribution >= 0.6 is 0 Å². The molecule has 0 aliphatic carbocycles. The minimum absolute atomic E-state index is 0.0757. The second kappa shape index (κ2) is 6.24. The molecule has 28 heavy (non-hydrogen) atoms. The molecule has 0 spiro atoms. The summed E-state index contributed by atoms with van der Waals surface area (Å²) in [6.07, 6.45) is 1.63. The maximum absolute atomic E-state index is 13.3. The summed E-state index contributed by atoms with van der Waals surface area (Å²) in [5.41, 5.74) is 2.51. The molecule has 0 radical (unpaired) electrons. The van der Waals surface area contributed by atoms with E-state index in [1.54, 1.807) is 18.2 Å². The minimum Gasteiger partial charge on any atom is -0.293 e. The Morgan fingerprint density at radius 2 is 1.36 bits per heavy atom. The standard InChI is InChI=1S/C23H20N2O3/c1-14-12-17(26)21-19-18(20(14)24(21)13-15-8-4-2-5-9-15)22(27)25(23(19)28)16-10-6-3-7-11-16/h2-12,18-21H,13H2,1H3. The highest BCUT2D eigenvalue weighted by molar-refractivity contribution is 6.24. The summed E-state index contributed by atoms with van der Waals surface area (Å²) in [6.45, 7) is 2.44. The van der Waals surface area contributed by atoms with E-state index in [4.69, 9.17) is 0 Å². The molecule has 2 aromatic carbocycles. The molecule has 4 unspecified atom stereocenters. The van der Waals surface area contributed by atoms with Gasteiger partial charge < -0.3 is 0 Å². The number of benzene rings is 2. The lowest BCUT2D eigenvalue weighted by atomic mass is 9.89. The first-order chi connectivity index (χ1) is 13.6. The number of hydrogen-bond donors (Lipinski definition) is 0. The molecule has 2 amide bonds. The average molecular weight is 372 g/mol. The molecule has 4 atom stereocenters. The van der Waals surface area contributed by atoms with E-state index in [1.807, 2.05) is 55.5 Å². The first-order valence-corrected chi connectivity index (χ1v) is 9.52. The average Bonchev–Trinajstić information content (AvgIpc) is 3.11. The van der Waals surface area contributed by atoms with Gasteiger partial charge in [0.05, 0.1) is 23.6 Å². The van der Waals surface area contributed by atoms with Crippen LogP contribution in [0.15, 0.2) is 72.3 Å². The van der Waals surface area contributed by atoms with Crippen molar-refractivity contribution in [1.29, 1.82) is 0 Å². The van der Waals surface area contributed by atoms with Gasteiger partial charge in [-0.1, -0.05) is 54.1 Å². The van der Waals surface area contributed by atoms with Crippen molar-refractivity contribution < 1.29 is 14.4 Å². The molecular weight excluding hydrogens is 352 g/mol. The number of amides is 2. The Morgan fingerprint density at radius 1 is 0.786 bits per heavy atom. The Balaban J connectivity index is 1.56. The van der Waals surface area contributed by atoms with E-state index in [0.717, 1.165) is 11.1 Å². The number of carbonyl (C=O) groups is 3. The van der Waals surface area contributed by atoms with Crippen LogP contribution in [0, 0.1) is 11.8 Å². The lowest BCUT2D eigenvalue weighted by molar-refractivity contribution is -0.129. The molecule has 140 valence electrons. The highest BCUT2D eigenvalue weighted by atomic mass is 16.2. The lowest BCUT2D eigenvalue weighted by Gasteiger charge is -2.35. The molecule has 2 aromatic rings. The number of nitrogens with zero attached hydrogens (tertiary/aromatic N) is 2. The van der Waals surface area contributed by atoms with Gasteiger partial charge in [0.15, 0.2) is 5.78 Å². The molecule has 3 aliphatic rings. The normalized spacial score (nSPS) is 29.2. The molecule has 5 heteroatoms. The van der Waals surface area contributed by atoms with Gasteiger partial charge in [0, 0.05) is 12.6 Å². The zero-order valence-corrected chi connectivity index (χ0v) is 15.5. The summed E-state index contributed by atoms with van der Waals surface area (Å²) in [4.78, 5) is 42.9. The van der Waals surface area contributed by atoms with Crippen molar-refractivity contribution in [3.05, 3.63) is 77.9 Å². The summed E-state index contributed by atoms with van der Waals surface area (Å²) < 4.78 is 0. The van der Waals surface area contributed by atoms with Crippen molar-refractivity contribution in [3.8, 4) is 0 Å². The zero-order chi connectivity index (χ0) is 19.4. The van der Waals surface area contributed by atoms with Gasteiger partial charge in [0.25, 0.3) is 0 Å². The fourth-order valence-corrected chi connectivity index (χ4v) is 5.07. The van der Waals surface area contributed by atoms with Crippen LogP contribution in [0.2, 0.25) is 0 Å². The predicted molar refractivity (Wildman–Crippen MR) is 104 cm³/mol. The van der Waals surface area contributed by atoms with Crippen molar-refractivity contribution in [2.75, 3.05) is 4.90 Å². The van der Waals surface area contributed by atoms with Gasteiger partial charge in [-0.3, -0.25) is 19.3 Å². The second-order valence-corrected chi connectivity index (χ2v) is 7.74. The number of hydrogen-bond acceptors (Lipinski definition) is 4. The molecule has 2 saturated heterocycles. The van der Waals surface area contributed by atoms with E-state index in [0.29, 0.717) is 12.2 Å². The summed E-state index contributed by atoms with van der Waals surface area (Å²) >= 11 is 0. The van der Waals surface area contributed by atoms with E-state index in [1.165, 1.54) is 4.90 Å². The summed E-state index contributed by atoms with van der Waals surface area (Å²) in [5, 5.41) is 0. The zero-order valence-electron chi connectivity index (χ0n) is 15.5. The van der Waals surface area contributed by atoms with E-state index < -0.39 is 17.9 Å². The predicted octanol–water partition coefficient (Wildman–Crippen LogP) is 2.57. The molecule has 5 nitrogen and oxygen atoms in total. The van der Waals surface area contributed by atoms with Gasteiger partial charge in [-0.15, -0.1) is 0 Å². The highest BCUT2D eigenvalue weighted by Crippen LogP contribution is 2.49. The first-order valence-electron chi connectivity index (χ1n) is 9.52. The maximum Gasteiger partial charge on any atom is 0.239 e. The first kappa shape index (κ1) is 17.1. The Bertz CT molecular complexity index is 999. The molecule has 0 aromatic heterocycles. The van der Waals surface area contributed by atoms with Crippen LogP contribution in [0.1, 0.15) is 12.5 Å². The van der Waals surface area contributed by atoms with Gasteiger partial charge in [-0.25, -0.2) is 4.90 Å². The number of rotatable bonds is 3. The largest absolute Gasteiger partial charge is 0.293 e. The van der Waals surface area contributed by atoms with Crippen molar-refractivity contribution in [2.45, 2.75) is 25.6 Å². The van der Waals surface area contributed by atoms with E-state index in [-0.39, 0.29) is 23.6 Å². The molecule has 0 saturated carbocycles. The Labute approximate surface area is 163 Å². The number of imide groups is 1. The van der Waals surface area contributed by atoms with E-state index in [9.17, 15) is 14.4 Å². The number of carbonyl (C=O) groups excluding carboxylic acids is 3. The summed E-state index contributed by atoms with van der Waals surface area (Å²) in [7, 11) is 0. The topological polar surface area (TPSA) is 57.7 Å². The molecule has 3 aliphatic heterocycles. The maximum atomic E-state index is 13.3. The third kappa shape index (κ3) is 2.33. The number of anilines is 1. The summed E-state index contributed by atoms with van der Waals surface area (Å²) in [6, 6.07) is 18.1. The lowest BCUT2D eigenvalue weighted by Crippen LogP contribution is -2.50. The van der Waals surface area contributed by atoms with Gasteiger partial charge in [0.2, 0.25) is 11.8 Å². The van der Waals surface area contributed by atoms with E-state index >= 15 is 0 Å². The van der Waals surface area contributed by atoms with Crippen LogP contribution in [-0.2, 0) is 20.9 Å². The second-order valence-electron chi connectivity index (χ2n) is 7.74. The molecular formula is C23H20N2O3. The smallest absolute Gasteiger partial charge is 0.239 e. The molecule has 5 rings (SSSR count). The monoisotopic (exact) mass is 372 g/mol. The molecule has 0 N–H and O–H groups in total. The quantitative estimate of drug-likeness (QED) is 0.777. The molecule has 2 bridgehead atoms. The molecule has 2 fully saturated rings. The van der Waals surface area contributed by atoms with Crippen LogP contribution in [-0.4, -0.2) is 34.6 Å². The Hall–Kier alpha value is -3.05. The third-order valence-corrected chi connectivity index (χ3v) is 6.14. The van der Waals surface area contributed by atoms with Crippen LogP contribution in [0.3, 0.4) is 0 Å². The van der Waals surface area contributed by atoms with Gasteiger partial charge in [0.1, 0.15) is 0 Å². The van der Waals surface area contributed by atoms with Crippen molar-refractivity contribution in [1.82, 2.24) is 4.90 Å². The number of ketones is 1. The Kier molecular flexibility index (Phi) is 3.81. The van der Waals surface area contributed by atoms with Gasteiger partial charge in [-0.2, -0.15) is 0 Å².